The number of benzene rings is 1. The Kier molecular flexibility index (Phi) is 9.02. The van der Waals surface area contributed by atoms with Gasteiger partial charge < -0.3 is 15.1 Å². The van der Waals surface area contributed by atoms with Crippen LogP contribution >= 0.6 is 0 Å². The van der Waals surface area contributed by atoms with E-state index >= 15 is 0 Å². The number of hydrogen-bond donors (Lipinski definition) is 2. The standard InChI is InChI=1S/C19H25FN3O3.Y/c1-5-19(3,4)10-9-14(17(24)21-6-2)22-16-13-8-7-12(20)11-15(13)26-18(25)23-16;/h6-8,11,14H,5,9-10H2,1-4H3,(H,21,24)(H,22,23,25);/q-1;/t14-;/m0./s1. The summed E-state index contributed by atoms with van der Waals surface area (Å²) in [6.07, 6.45) is 2.36. The first-order valence-corrected chi connectivity index (χ1v) is 8.71. The zero-order valence-corrected chi connectivity index (χ0v) is 19.0. The van der Waals surface area contributed by atoms with Gasteiger partial charge in [0.2, 0.25) is 5.91 Å². The fourth-order valence-electron chi connectivity index (χ4n) is 2.54. The van der Waals surface area contributed by atoms with Crippen LogP contribution in [0.5, 0.6) is 0 Å². The van der Waals surface area contributed by atoms with Gasteiger partial charge in [-0.1, -0.05) is 27.2 Å². The molecule has 1 amide bonds. The van der Waals surface area contributed by atoms with Crippen LogP contribution in [-0.2, 0) is 37.5 Å². The third-order valence-electron chi connectivity index (χ3n) is 4.58. The van der Waals surface area contributed by atoms with Crippen LogP contribution in [0.4, 0.5) is 10.2 Å². The van der Waals surface area contributed by atoms with E-state index in [2.05, 4.69) is 36.4 Å². The molecule has 0 aliphatic heterocycles. The van der Waals surface area contributed by atoms with E-state index < -0.39 is 17.6 Å². The fourth-order valence-corrected chi connectivity index (χ4v) is 2.54. The Balaban J connectivity index is 0.00000364. The van der Waals surface area contributed by atoms with Gasteiger partial charge in [0.05, 0.1) is 5.39 Å². The number of hydrogen-bond acceptors (Lipinski definition) is 5. The first-order valence-electron chi connectivity index (χ1n) is 8.71. The van der Waals surface area contributed by atoms with Crippen molar-refractivity contribution in [2.45, 2.75) is 53.0 Å². The number of rotatable bonds is 8. The quantitative estimate of drug-likeness (QED) is 0.599. The molecule has 1 aromatic heterocycles. The van der Waals surface area contributed by atoms with Gasteiger partial charge in [-0.25, -0.2) is 15.7 Å². The third-order valence-corrected chi connectivity index (χ3v) is 4.58. The predicted octanol–water partition coefficient (Wildman–Crippen LogP) is 3.62. The van der Waals surface area contributed by atoms with E-state index in [-0.39, 0.29) is 55.4 Å². The Bertz CT molecular complexity index is 839. The maximum absolute atomic E-state index is 13.4. The van der Waals surface area contributed by atoms with Crippen molar-refractivity contribution in [3.05, 3.63) is 41.1 Å². The van der Waals surface area contributed by atoms with Gasteiger partial charge in [-0.05, 0) is 30.4 Å². The maximum atomic E-state index is 13.4. The molecule has 6 nitrogen and oxygen atoms in total. The number of nitrogens with zero attached hydrogens (tertiary/aromatic N) is 1. The molecular formula is C19H25FN3O3Y-. The molecule has 0 unspecified atom stereocenters. The Morgan fingerprint density at radius 3 is 2.74 bits per heavy atom. The van der Waals surface area contributed by atoms with Crippen LogP contribution in [0.1, 0.15) is 47.0 Å². The van der Waals surface area contributed by atoms with Crippen LogP contribution < -0.4 is 16.4 Å². The van der Waals surface area contributed by atoms with Crippen LogP contribution in [0.2, 0.25) is 0 Å². The first-order chi connectivity index (χ1) is 12.3. The number of anilines is 1. The summed E-state index contributed by atoms with van der Waals surface area (Å²) >= 11 is 0. The number of nitrogens with one attached hydrogen (secondary N) is 2. The van der Waals surface area contributed by atoms with Crippen molar-refractivity contribution in [1.82, 2.24) is 10.3 Å². The zero-order chi connectivity index (χ0) is 19.3. The summed E-state index contributed by atoms with van der Waals surface area (Å²) in [6.45, 7) is 9.66. The van der Waals surface area contributed by atoms with E-state index in [1.165, 1.54) is 12.1 Å². The Morgan fingerprint density at radius 2 is 2.11 bits per heavy atom. The summed E-state index contributed by atoms with van der Waals surface area (Å²) in [6, 6.07) is 3.27. The number of aromatic nitrogens is 1. The van der Waals surface area contributed by atoms with Crippen LogP contribution in [0.15, 0.2) is 27.4 Å². The molecule has 0 bridgehead atoms. The predicted molar refractivity (Wildman–Crippen MR) is 99.1 cm³/mol. The molecule has 0 spiro atoms. The van der Waals surface area contributed by atoms with Gasteiger partial charge in [-0.3, -0.25) is 4.79 Å². The van der Waals surface area contributed by atoms with Gasteiger partial charge in [-0.2, -0.15) is 11.9 Å². The molecule has 145 valence electrons. The molecule has 2 N–H and O–H groups in total. The van der Waals surface area contributed by atoms with Crippen LogP contribution in [-0.4, -0.2) is 16.9 Å². The van der Waals surface area contributed by atoms with E-state index in [0.717, 1.165) is 18.9 Å². The largest absolute Gasteiger partial charge is 0.504 e. The Labute approximate surface area is 183 Å². The van der Waals surface area contributed by atoms with Crippen molar-refractivity contribution in [2.75, 3.05) is 5.32 Å². The molecule has 0 fully saturated rings. The second-order valence-electron chi connectivity index (χ2n) is 7.02. The topological polar surface area (TPSA) is 84.2 Å². The summed E-state index contributed by atoms with van der Waals surface area (Å²) in [5.74, 6) is -1.37. The fraction of sp³-hybridized carbons (Fsp3) is 0.474. The van der Waals surface area contributed by atoms with Gasteiger partial charge in [0.1, 0.15) is 23.3 Å². The summed E-state index contributed by atoms with van der Waals surface area (Å²) in [5, 5.41) is 6.16. The maximum Gasteiger partial charge on any atom is 0.441 e. The van der Waals surface area contributed by atoms with E-state index in [9.17, 15) is 14.0 Å². The van der Waals surface area contributed by atoms with Crippen molar-refractivity contribution >= 4 is 22.7 Å². The summed E-state index contributed by atoms with van der Waals surface area (Å²) in [5.41, 5.74) is 0.174. The van der Waals surface area contributed by atoms with Gasteiger partial charge in [-0.15, -0.1) is 0 Å². The minimum Gasteiger partial charge on any atom is -0.504 e. The van der Waals surface area contributed by atoms with E-state index in [1.807, 2.05) is 0 Å². The molecule has 1 atom stereocenters. The molecular weight excluding hydrogens is 426 g/mol. The Hall–Kier alpha value is -1.34. The number of carbonyl (C=O) groups is 1. The summed E-state index contributed by atoms with van der Waals surface area (Å²) < 4.78 is 18.4. The van der Waals surface area contributed by atoms with Crippen molar-refractivity contribution in [2.24, 2.45) is 5.41 Å². The third kappa shape index (κ3) is 6.64. The average Bonchev–Trinajstić information content (AvgIpc) is 2.58. The van der Waals surface area contributed by atoms with Crippen molar-refractivity contribution in [3.8, 4) is 0 Å². The molecule has 1 radical (unpaired) electrons. The smallest absolute Gasteiger partial charge is 0.441 e. The van der Waals surface area contributed by atoms with Gasteiger partial charge in [0.15, 0.2) is 0 Å². The molecule has 1 heterocycles. The van der Waals surface area contributed by atoms with Crippen molar-refractivity contribution in [1.29, 1.82) is 0 Å². The molecule has 27 heavy (non-hydrogen) atoms. The van der Waals surface area contributed by atoms with E-state index in [4.69, 9.17) is 4.42 Å². The minimum absolute atomic E-state index is 0. The summed E-state index contributed by atoms with van der Waals surface area (Å²) in [7, 11) is 0. The molecule has 1 aromatic carbocycles. The number of carbonyl (C=O) groups excluding carboxylic acids is 1. The molecule has 8 heteroatoms. The molecule has 0 aliphatic rings. The molecule has 2 rings (SSSR count). The zero-order valence-electron chi connectivity index (χ0n) is 16.1. The van der Waals surface area contributed by atoms with Crippen LogP contribution in [0.3, 0.4) is 0 Å². The molecule has 0 saturated heterocycles. The van der Waals surface area contributed by atoms with E-state index in [1.54, 1.807) is 13.5 Å². The van der Waals surface area contributed by atoms with Crippen LogP contribution in [0, 0.1) is 17.8 Å². The van der Waals surface area contributed by atoms with Crippen LogP contribution in [0.25, 0.3) is 11.0 Å². The molecule has 0 aliphatic carbocycles. The van der Waals surface area contributed by atoms with Crippen molar-refractivity contribution in [3.63, 3.8) is 0 Å². The van der Waals surface area contributed by atoms with Gasteiger partial charge in [0.25, 0.3) is 0 Å². The van der Waals surface area contributed by atoms with E-state index in [0.29, 0.717) is 11.8 Å². The number of amides is 1. The number of halogens is 1. The number of fused-ring (bicyclic) bond motifs is 1. The first kappa shape index (κ1) is 23.7. The van der Waals surface area contributed by atoms with Crippen molar-refractivity contribution < 1.29 is 46.3 Å². The molecule has 2 aromatic rings. The SMILES string of the molecule is C[CH-]NC(=O)[C@H](CCC(C)(C)CC)Nc1nc(=O)oc2cc(F)ccc12.[Y]. The van der Waals surface area contributed by atoms with Gasteiger partial charge in [0, 0.05) is 38.8 Å². The Morgan fingerprint density at radius 1 is 1.41 bits per heavy atom. The normalized spacial score (nSPS) is 12.3. The minimum atomic E-state index is -0.847. The second kappa shape index (κ2) is 10.3. The van der Waals surface area contributed by atoms with Gasteiger partial charge >= 0.3 is 5.76 Å². The average molecular weight is 451 g/mol. The second-order valence-corrected chi connectivity index (χ2v) is 7.02. The monoisotopic (exact) mass is 451 g/mol. The summed E-state index contributed by atoms with van der Waals surface area (Å²) in [4.78, 5) is 28.0. The molecule has 0 saturated carbocycles.